The second-order valence-electron chi connectivity index (χ2n) is 5.77. The lowest BCUT2D eigenvalue weighted by Crippen LogP contribution is -2.24. The van der Waals surface area contributed by atoms with Crippen LogP contribution in [0.3, 0.4) is 0 Å². The number of hydrogen-bond donors (Lipinski definition) is 1. The fourth-order valence-corrected chi connectivity index (χ4v) is 4.69. The van der Waals surface area contributed by atoms with Crippen LogP contribution in [0, 0.1) is 13.8 Å². The molecule has 1 N–H and O–H groups in total. The number of hydrogen-bond acceptors (Lipinski definition) is 6. The zero-order valence-electron chi connectivity index (χ0n) is 14.7. The molecule has 8 heteroatoms. The highest BCUT2D eigenvalue weighted by atomic mass is 32.2. The van der Waals surface area contributed by atoms with E-state index in [0.717, 1.165) is 16.8 Å². The highest BCUT2D eigenvalue weighted by molar-refractivity contribution is 7.89. The van der Waals surface area contributed by atoms with Gasteiger partial charge in [0.15, 0.2) is 0 Å². The molecular weight excluding hydrogens is 370 g/mol. The molecule has 136 valence electrons. The highest BCUT2D eigenvalue weighted by Crippen LogP contribution is 2.26. The van der Waals surface area contributed by atoms with Crippen molar-refractivity contribution >= 4 is 21.4 Å². The van der Waals surface area contributed by atoms with Crippen LogP contribution in [-0.4, -0.2) is 25.5 Å². The van der Waals surface area contributed by atoms with Crippen molar-refractivity contribution in [2.75, 3.05) is 7.11 Å². The smallest absolute Gasteiger partial charge is 0.241 e. The van der Waals surface area contributed by atoms with Gasteiger partial charge in [-0.15, -0.1) is 11.3 Å². The molecule has 0 spiro atoms. The van der Waals surface area contributed by atoms with Crippen LogP contribution in [-0.2, 0) is 16.6 Å². The third-order valence-electron chi connectivity index (χ3n) is 3.92. The summed E-state index contributed by atoms with van der Waals surface area (Å²) in [7, 11) is -2.07. The number of rotatable bonds is 6. The molecule has 0 amide bonds. The molecule has 2 aromatic heterocycles. The van der Waals surface area contributed by atoms with Crippen LogP contribution in [0.25, 0.3) is 11.3 Å². The molecule has 3 rings (SSSR count). The van der Waals surface area contributed by atoms with Crippen molar-refractivity contribution in [2.24, 2.45) is 0 Å². The van der Waals surface area contributed by atoms with E-state index in [1.165, 1.54) is 11.3 Å². The molecule has 3 aromatic rings. The SMILES string of the molecule is COc1cc(C)c(S(=O)(=O)NCc2nc(-c3ccncc3)cs2)cc1C. The molecule has 6 nitrogen and oxygen atoms in total. The number of ether oxygens (including phenoxy) is 1. The van der Waals surface area contributed by atoms with Gasteiger partial charge >= 0.3 is 0 Å². The molecule has 0 aliphatic heterocycles. The van der Waals surface area contributed by atoms with Gasteiger partial charge < -0.3 is 4.74 Å². The predicted octanol–water partition coefficient (Wildman–Crippen LogP) is 3.31. The number of methoxy groups -OCH3 is 1. The largest absolute Gasteiger partial charge is 0.496 e. The van der Waals surface area contributed by atoms with Gasteiger partial charge in [0.2, 0.25) is 10.0 Å². The maximum atomic E-state index is 12.7. The molecule has 1 aromatic carbocycles. The summed E-state index contributed by atoms with van der Waals surface area (Å²) < 4.78 is 33.2. The van der Waals surface area contributed by atoms with Crippen molar-refractivity contribution in [2.45, 2.75) is 25.3 Å². The standard InChI is InChI=1S/C18H19N3O3S2/c1-12-9-17(13(2)8-16(12)24-3)26(22,23)20-10-18-21-15(11-25-18)14-4-6-19-7-5-14/h4-9,11,20H,10H2,1-3H3. The molecular formula is C18H19N3O3S2. The molecule has 26 heavy (non-hydrogen) atoms. The second-order valence-corrected chi connectivity index (χ2v) is 8.45. The first kappa shape index (κ1) is 18.5. The monoisotopic (exact) mass is 389 g/mol. The van der Waals surface area contributed by atoms with Gasteiger partial charge in [0, 0.05) is 23.3 Å². The third kappa shape index (κ3) is 3.92. The van der Waals surface area contributed by atoms with E-state index in [2.05, 4.69) is 14.7 Å². The summed E-state index contributed by atoms with van der Waals surface area (Å²) in [4.78, 5) is 8.72. The number of pyridine rings is 1. The second kappa shape index (κ2) is 7.53. The Labute approximate surface area is 157 Å². The Bertz CT molecular complexity index is 1020. The van der Waals surface area contributed by atoms with E-state index < -0.39 is 10.0 Å². The Kier molecular flexibility index (Phi) is 5.36. The van der Waals surface area contributed by atoms with Crippen LogP contribution in [0.15, 0.2) is 46.9 Å². The molecule has 2 heterocycles. The fourth-order valence-electron chi connectivity index (χ4n) is 2.55. The topological polar surface area (TPSA) is 81.2 Å². The maximum Gasteiger partial charge on any atom is 0.241 e. The zero-order valence-corrected chi connectivity index (χ0v) is 16.3. The Hall–Kier alpha value is -2.29. The number of aromatic nitrogens is 2. The summed E-state index contributed by atoms with van der Waals surface area (Å²) in [6, 6.07) is 7.09. The summed E-state index contributed by atoms with van der Waals surface area (Å²) in [5.74, 6) is 0.670. The van der Waals surface area contributed by atoms with Crippen LogP contribution in [0.4, 0.5) is 0 Å². The van der Waals surface area contributed by atoms with Crippen LogP contribution in [0.5, 0.6) is 5.75 Å². The van der Waals surface area contributed by atoms with E-state index in [1.807, 2.05) is 24.4 Å². The number of aryl methyl sites for hydroxylation is 2. The third-order valence-corrected chi connectivity index (χ3v) is 6.32. The van der Waals surface area contributed by atoms with Crippen molar-refractivity contribution < 1.29 is 13.2 Å². The Morgan fingerprint density at radius 2 is 1.88 bits per heavy atom. The molecule has 0 atom stereocenters. The Balaban J connectivity index is 1.77. The summed E-state index contributed by atoms with van der Waals surface area (Å²) >= 11 is 1.42. The fraction of sp³-hybridized carbons (Fsp3) is 0.222. The highest BCUT2D eigenvalue weighted by Gasteiger charge is 2.19. The normalized spacial score (nSPS) is 11.5. The quantitative estimate of drug-likeness (QED) is 0.699. The number of nitrogens with one attached hydrogen (secondary N) is 1. The van der Waals surface area contributed by atoms with Crippen molar-refractivity contribution in [3.8, 4) is 17.0 Å². The molecule has 0 aliphatic rings. The van der Waals surface area contributed by atoms with E-state index >= 15 is 0 Å². The molecule has 0 unspecified atom stereocenters. The molecule has 0 bridgehead atoms. The minimum absolute atomic E-state index is 0.141. The average molecular weight is 390 g/mol. The van der Waals surface area contributed by atoms with Crippen LogP contribution in [0.1, 0.15) is 16.1 Å². The zero-order chi connectivity index (χ0) is 18.7. The Morgan fingerprint density at radius 3 is 2.58 bits per heavy atom. The lowest BCUT2D eigenvalue weighted by molar-refractivity contribution is 0.411. The van der Waals surface area contributed by atoms with E-state index in [4.69, 9.17) is 4.74 Å². The van der Waals surface area contributed by atoms with E-state index in [9.17, 15) is 8.42 Å². The van der Waals surface area contributed by atoms with E-state index in [1.54, 1.807) is 38.6 Å². The van der Waals surface area contributed by atoms with Gasteiger partial charge in [0.1, 0.15) is 10.8 Å². The Morgan fingerprint density at radius 1 is 1.15 bits per heavy atom. The number of sulfonamides is 1. The molecule has 0 aliphatic carbocycles. The summed E-state index contributed by atoms with van der Waals surface area (Å²) in [5.41, 5.74) is 3.17. The van der Waals surface area contributed by atoms with Crippen LogP contribution < -0.4 is 9.46 Å². The molecule has 0 radical (unpaired) electrons. The lowest BCUT2D eigenvalue weighted by Gasteiger charge is -2.12. The van der Waals surface area contributed by atoms with Gasteiger partial charge in [-0.25, -0.2) is 18.1 Å². The van der Waals surface area contributed by atoms with Crippen molar-refractivity contribution in [3.63, 3.8) is 0 Å². The van der Waals surface area contributed by atoms with E-state index in [0.29, 0.717) is 16.3 Å². The van der Waals surface area contributed by atoms with Gasteiger partial charge in [0.05, 0.1) is 24.2 Å². The average Bonchev–Trinajstić information content (AvgIpc) is 3.11. The van der Waals surface area contributed by atoms with Crippen LogP contribution in [0.2, 0.25) is 0 Å². The van der Waals surface area contributed by atoms with Crippen molar-refractivity contribution in [1.29, 1.82) is 0 Å². The minimum Gasteiger partial charge on any atom is -0.496 e. The lowest BCUT2D eigenvalue weighted by atomic mass is 10.1. The number of benzene rings is 1. The maximum absolute atomic E-state index is 12.7. The van der Waals surface area contributed by atoms with Gasteiger partial charge in [-0.05, 0) is 49.2 Å². The predicted molar refractivity (Wildman–Crippen MR) is 102 cm³/mol. The van der Waals surface area contributed by atoms with Gasteiger partial charge in [-0.3, -0.25) is 4.98 Å². The van der Waals surface area contributed by atoms with E-state index in [-0.39, 0.29) is 11.4 Å². The molecule has 0 saturated carbocycles. The molecule has 0 saturated heterocycles. The first-order valence-corrected chi connectivity index (χ1v) is 10.3. The number of thiazole rings is 1. The van der Waals surface area contributed by atoms with Crippen molar-refractivity contribution in [1.82, 2.24) is 14.7 Å². The molecule has 0 fully saturated rings. The first-order valence-electron chi connectivity index (χ1n) is 7.90. The van der Waals surface area contributed by atoms with Gasteiger partial charge in [-0.2, -0.15) is 0 Å². The van der Waals surface area contributed by atoms with Crippen molar-refractivity contribution in [3.05, 3.63) is 58.2 Å². The van der Waals surface area contributed by atoms with Crippen LogP contribution >= 0.6 is 11.3 Å². The summed E-state index contributed by atoms with van der Waals surface area (Å²) in [6.45, 7) is 3.71. The summed E-state index contributed by atoms with van der Waals surface area (Å²) in [6.07, 6.45) is 3.40. The summed E-state index contributed by atoms with van der Waals surface area (Å²) in [5, 5.41) is 2.60. The number of nitrogens with zero attached hydrogens (tertiary/aromatic N) is 2. The first-order chi connectivity index (χ1) is 12.4. The minimum atomic E-state index is -3.64. The van der Waals surface area contributed by atoms with Gasteiger partial charge in [0.25, 0.3) is 0 Å². The van der Waals surface area contributed by atoms with Gasteiger partial charge in [-0.1, -0.05) is 0 Å².